The number of hydrogen-bond acceptors (Lipinski definition) is 2. The minimum atomic E-state index is -0.405. The summed E-state index contributed by atoms with van der Waals surface area (Å²) in [5, 5.41) is 3.34. The molecule has 0 spiro atoms. The Balaban J connectivity index is 1.95. The van der Waals surface area contributed by atoms with Gasteiger partial charge in [-0.05, 0) is 37.3 Å². The molecular formula is C16H16F2N2. The predicted octanol–water partition coefficient (Wildman–Crippen LogP) is 3.79. The van der Waals surface area contributed by atoms with E-state index in [0.717, 1.165) is 24.0 Å². The minimum Gasteiger partial charge on any atom is -0.381 e. The van der Waals surface area contributed by atoms with Crippen LogP contribution < -0.4 is 10.2 Å². The number of anilines is 2. The Morgan fingerprint density at radius 1 is 1.20 bits per heavy atom. The second-order valence-electron chi connectivity index (χ2n) is 5.11. The third-order valence-electron chi connectivity index (χ3n) is 3.68. The summed E-state index contributed by atoms with van der Waals surface area (Å²) in [7, 11) is 0. The highest BCUT2D eigenvalue weighted by Gasteiger charge is 2.23. The first-order chi connectivity index (χ1) is 9.65. The maximum Gasteiger partial charge on any atom is 0.128 e. The molecule has 104 valence electrons. The van der Waals surface area contributed by atoms with Gasteiger partial charge in [0.2, 0.25) is 0 Å². The molecule has 2 aromatic rings. The number of fused-ring (bicyclic) bond motifs is 1. The van der Waals surface area contributed by atoms with E-state index >= 15 is 0 Å². The molecule has 20 heavy (non-hydrogen) atoms. The van der Waals surface area contributed by atoms with E-state index in [-0.39, 0.29) is 11.9 Å². The molecule has 0 amide bonds. The van der Waals surface area contributed by atoms with E-state index in [4.69, 9.17) is 0 Å². The average Bonchev–Trinajstić information content (AvgIpc) is 2.46. The lowest BCUT2D eigenvalue weighted by molar-refractivity contribution is 0.568. The van der Waals surface area contributed by atoms with Crippen LogP contribution in [-0.2, 0) is 6.54 Å². The fraction of sp³-hybridized carbons (Fsp3) is 0.250. The van der Waals surface area contributed by atoms with Crippen molar-refractivity contribution < 1.29 is 8.78 Å². The lowest BCUT2D eigenvalue weighted by Gasteiger charge is -2.37. The smallest absolute Gasteiger partial charge is 0.128 e. The second-order valence-corrected chi connectivity index (χ2v) is 5.11. The van der Waals surface area contributed by atoms with Gasteiger partial charge in [0, 0.05) is 24.7 Å². The standard InChI is InChI=1S/C16H16F2N2/c1-11-9-19-15-4-2-3-5-16(15)20(11)10-12-8-13(17)6-7-14(12)18/h2-8,11,19H,9-10H2,1H3. The first-order valence-electron chi connectivity index (χ1n) is 6.68. The van der Waals surface area contributed by atoms with E-state index in [2.05, 4.69) is 17.1 Å². The highest BCUT2D eigenvalue weighted by molar-refractivity contribution is 5.72. The maximum absolute atomic E-state index is 13.8. The highest BCUT2D eigenvalue weighted by atomic mass is 19.1. The van der Waals surface area contributed by atoms with Crippen LogP contribution in [0.3, 0.4) is 0 Å². The van der Waals surface area contributed by atoms with E-state index < -0.39 is 5.82 Å². The largest absolute Gasteiger partial charge is 0.381 e. The van der Waals surface area contributed by atoms with Crippen LogP contribution in [0.25, 0.3) is 0 Å². The van der Waals surface area contributed by atoms with Crippen molar-refractivity contribution in [2.75, 3.05) is 16.8 Å². The number of para-hydroxylation sites is 2. The molecular weight excluding hydrogens is 258 g/mol. The van der Waals surface area contributed by atoms with E-state index in [1.54, 1.807) is 0 Å². The van der Waals surface area contributed by atoms with Gasteiger partial charge in [0.05, 0.1) is 11.4 Å². The first-order valence-corrected chi connectivity index (χ1v) is 6.68. The molecule has 2 nitrogen and oxygen atoms in total. The second kappa shape index (κ2) is 5.12. The Kier molecular flexibility index (Phi) is 3.30. The number of benzene rings is 2. The van der Waals surface area contributed by atoms with Crippen LogP contribution in [0.4, 0.5) is 20.2 Å². The van der Waals surface area contributed by atoms with Crippen LogP contribution in [-0.4, -0.2) is 12.6 Å². The van der Waals surface area contributed by atoms with Crippen molar-refractivity contribution in [1.29, 1.82) is 0 Å². The predicted molar refractivity (Wildman–Crippen MR) is 76.9 cm³/mol. The maximum atomic E-state index is 13.8. The summed E-state index contributed by atoms with van der Waals surface area (Å²) in [6, 6.07) is 11.7. The number of nitrogens with zero attached hydrogens (tertiary/aromatic N) is 1. The molecule has 0 saturated carbocycles. The summed E-state index contributed by atoms with van der Waals surface area (Å²) >= 11 is 0. The van der Waals surface area contributed by atoms with E-state index in [1.807, 2.05) is 24.3 Å². The van der Waals surface area contributed by atoms with Crippen LogP contribution in [0.2, 0.25) is 0 Å². The van der Waals surface area contributed by atoms with Gasteiger partial charge in [-0.15, -0.1) is 0 Å². The molecule has 3 rings (SSSR count). The van der Waals surface area contributed by atoms with Crippen LogP contribution >= 0.6 is 0 Å². The van der Waals surface area contributed by atoms with Gasteiger partial charge in [0.15, 0.2) is 0 Å². The quantitative estimate of drug-likeness (QED) is 0.896. The van der Waals surface area contributed by atoms with Crippen molar-refractivity contribution in [3.8, 4) is 0 Å². The lowest BCUT2D eigenvalue weighted by atomic mass is 10.1. The number of nitrogens with one attached hydrogen (secondary N) is 1. The minimum absolute atomic E-state index is 0.215. The molecule has 0 aromatic heterocycles. The number of rotatable bonds is 2. The molecule has 1 unspecified atom stereocenters. The molecule has 0 fully saturated rings. The summed E-state index contributed by atoms with van der Waals surface area (Å²) < 4.78 is 27.1. The number of halogens is 2. The van der Waals surface area contributed by atoms with Gasteiger partial charge in [-0.1, -0.05) is 12.1 Å². The van der Waals surface area contributed by atoms with Crippen LogP contribution in [0.5, 0.6) is 0 Å². The fourth-order valence-electron chi connectivity index (χ4n) is 2.57. The van der Waals surface area contributed by atoms with Crippen molar-refractivity contribution in [3.05, 3.63) is 59.7 Å². The first kappa shape index (κ1) is 12.9. The van der Waals surface area contributed by atoms with Crippen LogP contribution in [0.1, 0.15) is 12.5 Å². The Labute approximate surface area is 117 Å². The molecule has 1 heterocycles. The molecule has 1 atom stereocenters. The molecule has 0 bridgehead atoms. The number of hydrogen-bond donors (Lipinski definition) is 1. The normalized spacial score (nSPS) is 17.6. The van der Waals surface area contributed by atoms with Crippen molar-refractivity contribution in [2.45, 2.75) is 19.5 Å². The summed E-state index contributed by atoms with van der Waals surface area (Å²) in [6.07, 6.45) is 0. The van der Waals surface area contributed by atoms with Gasteiger partial charge in [-0.2, -0.15) is 0 Å². The Bertz CT molecular complexity index is 628. The van der Waals surface area contributed by atoms with Crippen molar-refractivity contribution >= 4 is 11.4 Å². The molecule has 1 aliphatic heterocycles. The molecule has 0 saturated heterocycles. The third kappa shape index (κ3) is 2.33. The van der Waals surface area contributed by atoms with Crippen LogP contribution in [0, 0.1) is 11.6 Å². The molecule has 0 radical (unpaired) electrons. The SMILES string of the molecule is CC1CNc2ccccc2N1Cc1cc(F)ccc1F. The Hall–Kier alpha value is -2.10. The van der Waals surface area contributed by atoms with Gasteiger partial charge < -0.3 is 10.2 Å². The van der Waals surface area contributed by atoms with Gasteiger partial charge in [0.25, 0.3) is 0 Å². The third-order valence-corrected chi connectivity index (χ3v) is 3.68. The van der Waals surface area contributed by atoms with E-state index in [0.29, 0.717) is 12.1 Å². The molecule has 0 aliphatic carbocycles. The molecule has 1 aliphatic rings. The zero-order valence-electron chi connectivity index (χ0n) is 11.2. The molecule has 1 N–H and O–H groups in total. The summed E-state index contributed by atoms with van der Waals surface area (Å²) in [5.41, 5.74) is 2.44. The van der Waals surface area contributed by atoms with Crippen molar-refractivity contribution in [3.63, 3.8) is 0 Å². The van der Waals surface area contributed by atoms with E-state index in [1.165, 1.54) is 12.1 Å². The molecule has 2 aromatic carbocycles. The Morgan fingerprint density at radius 2 is 2.00 bits per heavy atom. The van der Waals surface area contributed by atoms with Crippen molar-refractivity contribution in [2.24, 2.45) is 0 Å². The van der Waals surface area contributed by atoms with Gasteiger partial charge >= 0.3 is 0 Å². The average molecular weight is 274 g/mol. The highest BCUT2D eigenvalue weighted by Crippen LogP contribution is 2.32. The fourth-order valence-corrected chi connectivity index (χ4v) is 2.57. The summed E-state index contributed by atoms with van der Waals surface area (Å²) in [6.45, 7) is 3.22. The summed E-state index contributed by atoms with van der Waals surface area (Å²) in [5.74, 6) is -0.771. The molecule has 4 heteroatoms. The van der Waals surface area contributed by atoms with Gasteiger partial charge in [-0.25, -0.2) is 8.78 Å². The lowest BCUT2D eigenvalue weighted by Crippen LogP contribution is -2.41. The zero-order chi connectivity index (χ0) is 14.1. The Morgan fingerprint density at radius 3 is 2.85 bits per heavy atom. The zero-order valence-corrected chi connectivity index (χ0v) is 11.2. The van der Waals surface area contributed by atoms with E-state index in [9.17, 15) is 8.78 Å². The van der Waals surface area contributed by atoms with Crippen molar-refractivity contribution in [1.82, 2.24) is 0 Å². The van der Waals surface area contributed by atoms with Crippen LogP contribution in [0.15, 0.2) is 42.5 Å². The monoisotopic (exact) mass is 274 g/mol. The topological polar surface area (TPSA) is 15.3 Å². The summed E-state index contributed by atoms with van der Waals surface area (Å²) in [4.78, 5) is 2.10. The van der Waals surface area contributed by atoms with Gasteiger partial charge in [-0.3, -0.25) is 0 Å². The van der Waals surface area contributed by atoms with Gasteiger partial charge in [0.1, 0.15) is 11.6 Å².